The molecule has 1 atom stereocenters. The largest absolute Gasteiger partial charge is 0.376 e. The number of amides is 2. The molecule has 2 saturated heterocycles. The van der Waals surface area contributed by atoms with E-state index in [0.717, 1.165) is 62.3 Å². The number of ether oxygens (including phenoxy) is 1. The van der Waals surface area contributed by atoms with E-state index < -0.39 is 0 Å². The van der Waals surface area contributed by atoms with Gasteiger partial charge in [-0.2, -0.15) is 0 Å². The lowest BCUT2D eigenvalue weighted by Crippen LogP contribution is -2.49. The first-order valence-electron chi connectivity index (χ1n) is 12.4. The molecule has 1 unspecified atom stereocenters. The van der Waals surface area contributed by atoms with Crippen molar-refractivity contribution in [2.75, 3.05) is 52.4 Å². The molecule has 0 aliphatic carbocycles. The molecule has 3 heterocycles. The Balaban J connectivity index is 1.44. The van der Waals surface area contributed by atoms with Gasteiger partial charge in [-0.25, -0.2) is 0 Å². The molecular weight excluding hydrogens is 432 g/mol. The summed E-state index contributed by atoms with van der Waals surface area (Å²) >= 11 is 0. The maximum Gasteiger partial charge on any atom is 0.276 e. The number of rotatable bonds is 8. The van der Waals surface area contributed by atoms with Crippen molar-refractivity contribution >= 4 is 11.8 Å². The van der Waals surface area contributed by atoms with Crippen molar-refractivity contribution in [2.45, 2.75) is 46.1 Å². The molecule has 0 saturated carbocycles. The lowest BCUT2D eigenvalue weighted by Gasteiger charge is -2.34. The number of aromatic nitrogens is 1. The fraction of sp³-hybridized carbons (Fsp3) is 0.577. The first-order chi connectivity index (χ1) is 16.4. The van der Waals surface area contributed by atoms with E-state index in [4.69, 9.17) is 9.26 Å². The molecule has 2 aromatic rings. The van der Waals surface area contributed by atoms with Gasteiger partial charge in [0.1, 0.15) is 0 Å². The summed E-state index contributed by atoms with van der Waals surface area (Å²) in [6, 6.07) is 7.82. The number of hydrogen-bond donors (Lipinski definition) is 0. The quantitative estimate of drug-likeness (QED) is 0.592. The Hall–Kier alpha value is -2.71. The van der Waals surface area contributed by atoms with Crippen LogP contribution in [0.3, 0.4) is 0 Å². The van der Waals surface area contributed by atoms with Crippen LogP contribution in [0.4, 0.5) is 0 Å². The second-order valence-corrected chi connectivity index (χ2v) is 9.35. The molecule has 4 rings (SSSR count). The number of likely N-dealkylation sites (N-methyl/N-ethyl adjacent to an activating group) is 1. The number of benzene rings is 1. The summed E-state index contributed by atoms with van der Waals surface area (Å²) in [5, 5.41) is 4.09. The second-order valence-electron chi connectivity index (χ2n) is 9.35. The van der Waals surface area contributed by atoms with Crippen LogP contribution in [0.5, 0.6) is 0 Å². The van der Waals surface area contributed by atoms with E-state index >= 15 is 0 Å². The van der Waals surface area contributed by atoms with E-state index in [1.165, 1.54) is 0 Å². The third-order valence-electron chi connectivity index (χ3n) is 6.89. The zero-order valence-corrected chi connectivity index (χ0v) is 20.6. The van der Waals surface area contributed by atoms with Crippen LogP contribution in [0.25, 0.3) is 11.3 Å². The van der Waals surface area contributed by atoms with Crippen molar-refractivity contribution in [3.63, 3.8) is 0 Å². The summed E-state index contributed by atoms with van der Waals surface area (Å²) in [6.45, 7) is 12.0. The topological polar surface area (TPSA) is 79.1 Å². The molecule has 2 aliphatic rings. The monoisotopic (exact) mass is 468 g/mol. The number of aryl methyl sites for hydroxylation is 2. The Bertz CT molecular complexity index is 990. The van der Waals surface area contributed by atoms with Gasteiger partial charge in [-0.3, -0.25) is 9.59 Å². The van der Waals surface area contributed by atoms with Gasteiger partial charge in [-0.05, 0) is 44.9 Å². The van der Waals surface area contributed by atoms with E-state index in [2.05, 4.69) is 17.0 Å². The van der Waals surface area contributed by atoms with Gasteiger partial charge in [0.25, 0.3) is 5.91 Å². The van der Waals surface area contributed by atoms with E-state index in [1.54, 1.807) is 11.0 Å². The minimum Gasteiger partial charge on any atom is -0.376 e. The summed E-state index contributed by atoms with van der Waals surface area (Å²) in [5.74, 6) is 0.447. The highest BCUT2D eigenvalue weighted by molar-refractivity contribution is 5.93. The Morgan fingerprint density at radius 2 is 1.94 bits per heavy atom. The highest BCUT2D eigenvalue weighted by Gasteiger charge is 2.28. The fourth-order valence-corrected chi connectivity index (χ4v) is 4.68. The normalized spacial score (nSPS) is 18.9. The maximum atomic E-state index is 13.4. The Morgan fingerprint density at radius 1 is 1.15 bits per heavy atom. The molecule has 0 N–H and O–H groups in total. The van der Waals surface area contributed by atoms with Crippen molar-refractivity contribution in [3.05, 3.63) is 41.1 Å². The summed E-state index contributed by atoms with van der Waals surface area (Å²) in [4.78, 5) is 32.2. The van der Waals surface area contributed by atoms with Crippen molar-refractivity contribution in [2.24, 2.45) is 0 Å². The van der Waals surface area contributed by atoms with Gasteiger partial charge in [0.15, 0.2) is 11.5 Å². The Kier molecular flexibility index (Phi) is 8.00. The van der Waals surface area contributed by atoms with Gasteiger partial charge in [0.05, 0.1) is 6.10 Å². The molecule has 34 heavy (non-hydrogen) atoms. The van der Waals surface area contributed by atoms with Crippen molar-refractivity contribution < 1.29 is 18.8 Å². The number of nitrogens with zero attached hydrogens (tertiary/aromatic N) is 4. The van der Waals surface area contributed by atoms with Gasteiger partial charge < -0.3 is 24.0 Å². The van der Waals surface area contributed by atoms with Crippen molar-refractivity contribution in [1.29, 1.82) is 0 Å². The zero-order chi connectivity index (χ0) is 24.1. The molecule has 1 aromatic heterocycles. The summed E-state index contributed by atoms with van der Waals surface area (Å²) in [7, 11) is 0. The molecule has 2 aliphatic heterocycles. The molecular formula is C26H36N4O4. The smallest absolute Gasteiger partial charge is 0.276 e. The molecule has 2 fully saturated rings. The zero-order valence-electron chi connectivity index (χ0n) is 20.6. The van der Waals surface area contributed by atoms with Crippen LogP contribution in [0.15, 0.2) is 28.8 Å². The molecule has 0 spiro atoms. The average Bonchev–Trinajstić information content (AvgIpc) is 3.55. The fourth-order valence-electron chi connectivity index (χ4n) is 4.68. The number of piperazine rings is 1. The number of hydrogen-bond acceptors (Lipinski definition) is 6. The van der Waals surface area contributed by atoms with Gasteiger partial charge in [0.2, 0.25) is 5.91 Å². The van der Waals surface area contributed by atoms with Crippen LogP contribution in [0, 0.1) is 13.8 Å². The van der Waals surface area contributed by atoms with Crippen LogP contribution < -0.4 is 0 Å². The van der Waals surface area contributed by atoms with Crippen LogP contribution in [0.1, 0.15) is 47.8 Å². The maximum absolute atomic E-state index is 13.4. The predicted octanol–water partition coefficient (Wildman–Crippen LogP) is 3.13. The van der Waals surface area contributed by atoms with Gasteiger partial charge in [0, 0.05) is 63.9 Å². The summed E-state index contributed by atoms with van der Waals surface area (Å²) in [6.07, 6.45) is 2.21. The third kappa shape index (κ3) is 5.85. The highest BCUT2D eigenvalue weighted by Crippen LogP contribution is 2.26. The van der Waals surface area contributed by atoms with Crippen LogP contribution >= 0.6 is 0 Å². The molecule has 0 bridgehead atoms. The standard InChI is InChI=1S/C26H36N4O4/c1-4-28-11-13-29(14-12-28)25(31)9-10-30(18-21-6-5-15-33-21)26(32)23-17-24(34-27-23)22-16-19(2)7-8-20(22)3/h7-8,16-17,21H,4-6,9-15,18H2,1-3H3. The molecule has 8 heteroatoms. The minimum atomic E-state index is -0.223. The van der Waals surface area contributed by atoms with Gasteiger partial charge >= 0.3 is 0 Å². The molecule has 184 valence electrons. The van der Waals surface area contributed by atoms with E-state index in [0.29, 0.717) is 31.9 Å². The van der Waals surface area contributed by atoms with Gasteiger partial charge in [-0.15, -0.1) is 0 Å². The Morgan fingerprint density at radius 3 is 2.65 bits per heavy atom. The Labute approximate surface area is 201 Å². The van der Waals surface area contributed by atoms with Crippen LogP contribution in [-0.4, -0.2) is 90.2 Å². The summed E-state index contributed by atoms with van der Waals surface area (Å²) in [5.41, 5.74) is 3.37. The summed E-state index contributed by atoms with van der Waals surface area (Å²) < 4.78 is 11.3. The van der Waals surface area contributed by atoms with Crippen molar-refractivity contribution in [1.82, 2.24) is 19.9 Å². The molecule has 0 radical (unpaired) electrons. The number of carbonyl (C=O) groups excluding carboxylic acids is 2. The van der Waals surface area contributed by atoms with Gasteiger partial charge in [-0.1, -0.05) is 29.8 Å². The first kappa shape index (κ1) is 24.4. The first-order valence-corrected chi connectivity index (χ1v) is 12.4. The molecule has 1 aromatic carbocycles. The second kappa shape index (κ2) is 11.1. The van der Waals surface area contributed by atoms with E-state index in [1.807, 2.05) is 36.9 Å². The molecule has 8 nitrogen and oxygen atoms in total. The van der Waals surface area contributed by atoms with E-state index in [-0.39, 0.29) is 23.6 Å². The third-order valence-corrected chi connectivity index (χ3v) is 6.89. The van der Waals surface area contributed by atoms with E-state index in [9.17, 15) is 9.59 Å². The van der Waals surface area contributed by atoms with Crippen LogP contribution in [0.2, 0.25) is 0 Å². The predicted molar refractivity (Wildman–Crippen MR) is 130 cm³/mol. The van der Waals surface area contributed by atoms with Crippen molar-refractivity contribution in [3.8, 4) is 11.3 Å². The lowest BCUT2D eigenvalue weighted by molar-refractivity contribution is -0.133. The minimum absolute atomic E-state index is 0.00228. The average molecular weight is 469 g/mol. The lowest BCUT2D eigenvalue weighted by atomic mass is 10.0. The van der Waals surface area contributed by atoms with Crippen LogP contribution in [-0.2, 0) is 9.53 Å². The number of carbonyl (C=O) groups is 2. The molecule has 2 amide bonds. The highest BCUT2D eigenvalue weighted by atomic mass is 16.5. The SMILES string of the molecule is CCN1CCN(C(=O)CCN(CC2CCCO2)C(=O)c2cc(-c3cc(C)ccc3C)on2)CC1.